The molecule has 22 nitrogen and oxygen atoms in total. The van der Waals surface area contributed by atoms with Crippen molar-refractivity contribution in [2.75, 3.05) is 19.8 Å². The molecule has 0 radical (unpaired) electrons. The molecule has 3 rings (SSSR count). The highest BCUT2D eigenvalue weighted by Crippen LogP contribution is 2.33. The van der Waals surface area contributed by atoms with Gasteiger partial charge in [-0.05, 0) is 0 Å². The third-order valence-electron chi connectivity index (χ3n) is 7.86. The summed E-state index contributed by atoms with van der Waals surface area (Å²) < 4.78 is 32.5. The van der Waals surface area contributed by atoms with Crippen LogP contribution in [0.1, 0.15) is 6.92 Å². The molecule has 0 aromatic rings. The number of hydrogen-bond donors (Lipinski definition) is 14. The molecule has 3 fully saturated rings. The van der Waals surface area contributed by atoms with Gasteiger partial charge in [-0.15, -0.1) is 0 Å². The Morgan fingerprint density at radius 1 is 0.745 bits per heavy atom. The number of aldehydes is 1. The van der Waals surface area contributed by atoms with E-state index in [4.69, 9.17) is 28.4 Å². The first kappa shape index (κ1) is 39.8. The zero-order valence-corrected chi connectivity index (χ0v) is 24.7. The van der Waals surface area contributed by atoms with Crippen LogP contribution >= 0.6 is 0 Å². The van der Waals surface area contributed by atoms with Gasteiger partial charge in [0.05, 0.1) is 19.8 Å². The number of hydrogen-bond acceptors (Lipinski definition) is 21. The molecule has 0 aromatic carbocycles. The zero-order valence-electron chi connectivity index (χ0n) is 24.7. The van der Waals surface area contributed by atoms with Gasteiger partial charge in [-0.25, -0.2) is 0 Å². The van der Waals surface area contributed by atoms with Gasteiger partial charge < -0.3 is 105 Å². The van der Waals surface area contributed by atoms with Crippen LogP contribution in [-0.4, -0.2) is 215 Å². The molecule has 1 amide bonds. The molecule has 274 valence electrons. The van der Waals surface area contributed by atoms with Crippen molar-refractivity contribution in [2.45, 2.75) is 124 Å². The minimum atomic E-state index is -2.24. The van der Waals surface area contributed by atoms with Gasteiger partial charge in [0.15, 0.2) is 31.4 Å². The molecule has 0 saturated carbocycles. The predicted octanol–water partition coefficient (Wildman–Crippen LogP) is -9.80. The van der Waals surface area contributed by atoms with Crippen molar-refractivity contribution in [3.8, 4) is 0 Å². The fourth-order valence-electron chi connectivity index (χ4n) is 5.25. The summed E-state index contributed by atoms with van der Waals surface area (Å²) in [6, 6.07) is -1.66. The number of nitrogens with one attached hydrogen (secondary N) is 1. The van der Waals surface area contributed by atoms with E-state index in [-0.39, 0.29) is 6.29 Å². The number of amides is 1. The van der Waals surface area contributed by atoms with Crippen LogP contribution in [-0.2, 0) is 38.0 Å². The maximum atomic E-state index is 12.2. The molecule has 22 heteroatoms. The van der Waals surface area contributed by atoms with E-state index in [1.54, 1.807) is 0 Å². The maximum Gasteiger partial charge on any atom is 0.217 e. The van der Waals surface area contributed by atoms with E-state index in [1.165, 1.54) is 0 Å². The van der Waals surface area contributed by atoms with Crippen molar-refractivity contribution in [2.24, 2.45) is 0 Å². The van der Waals surface area contributed by atoms with E-state index in [9.17, 15) is 76.0 Å². The Hall–Kier alpha value is -1.62. The summed E-state index contributed by atoms with van der Waals surface area (Å²) in [5, 5.41) is 135. The molecule has 3 aliphatic heterocycles. The van der Waals surface area contributed by atoms with Crippen LogP contribution < -0.4 is 5.32 Å². The summed E-state index contributed by atoms with van der Waals surface area (Å²) in [7, 11) is 0. The van der Waals surface area contributed by atoms with E-state index in [1.807, 2.05) is 0 Å². The molecule has 47 heavy (non-hydrogen) atoms. The third-order valence-corrected chi connectivity index (χ3v) is 7.86. The standard InChI is InChI=1S/C25H43NO21/c1-6(31)26-11-20(45-24-16(38)15(37)13(35)9(4-29)43-24)14(36)10(5-30)42-23(11)46-21-17(39)22(41)47-25(18(21)40)44-19(8(33)3-28)12(34)7(32)2-27/h2,7-25,28-30,32-41H,3-5H2,1H3,(H,26,31)/t7-,8+,9+,10+,11+,12+,13-,14+,15-,16+,17+,18+,19+,20?,21-,22-,23-,24-,25-/m0/s1. The third kappa shape index (κ3) is 8.95. The average molecular weight is 694 g/mol. The summed E-state index contributed by atoms with van der Waals surface area (Å²) in [4.78, 5) is 23.2. The molecule has 0 aromatic heterocycles. The highest BCUT2D eigenvalue weighted by atomic mass is 16.8. The summed E-state index contributed by atoms with van der Waals surface area (Å²) in [5.41, 5.74) is 0. The van der Waals surface area contributed by atoms with Crippen molar-refractivity contribution in [3.63, 3.8) is 0 Å². The van der Waals surface area contributed by atoms with Gasteiger partial charge in [0.1, 0.15) is 91.5 Å². The summed E-state index contributed by atoms with van der Waals surface area (Å²) >= 11 is 0. The Labute approximate surface area is 265 Å². The molecule has 1 unspecified atom stereocenters. The monoisotopic (exact) mass is 693 g/mol. The Balaban J connectivity index is 1.92. The van der Waals surface area contributed by atoms with Gasteiger partial charge in [-0.1, -0.05) is 0 Å². The highest BCUT2D eigenvalue weighted by molar-refractivity contribution is 5.73. The molecular formula is C25H43NO21. The van der Waals surface area contributed by atoms with Crippen LogP contribution in [0.5, 0.6) is 0 Å². The number of carbonyl (C=O) groups is 2. The van der Waals surface area contributed by atoms with Crippen molar-refractivity contribution >= 4 is 12.2 Å². The van der Waals surface area contributed by atoms with Crippen LogP contribution in [0, 0.1) is 0 Å². The topological polar surface area (TPSA) is 365 Å². The predicted molar refractivity (Wildman–Crippen MR) is 142 cm³/mol. The van der Waals surface area contributed by atoms with E-state index < -0.39 is 142 Å². The molecule has 14 N–H and O–H groups in total. The minimum Gasteiger partial charge on any atom is -0.394 e. The molecule has 3 aliphatic rings. The van der Waals surface area contributed by atoms with E-state index in [0.717, 1.165) is 6.92 Å². The molecule has 3 heterocycles. The smallest absolute Gasteiger partial charge is 0.217 e. The van der Waals surface area contributed by atoms with Crippen LogP contribution in [0.3, 0.4) is 0 Å². The second-order valence-corrected chi connectivity index (χ2v) is 11.2. The first-order chi connectivity index (χ1) is 22.1. The normalized spacial score (nSPS) is 43.8. The van der Waals surface area contributed by atoms with Crippen LogP contribution in [0.4, 0.5) is 0 Å². The summed E-state index contributed by atoms with van der Waals surface area (Å²) in [5.74, 6) is -0.804. The second kappa shape index (κ2) is 17.3. The lowest BCUT2D eigenvalue weighted by Gasteiger charge is -2.49. The quantitative estimate of drug-likeness (QED) is 0.0751. The fourth-order valence-corrected chi connectivity index (χ4v) is 5.25. The maximum absolute atomic E-state index is 12.2. The SMILES string of the molecule is CC(=O)N[C@@H]1C(O[C@@H]2O[C@H](CO)[C@H](O)[C@H](O)[C@H]2O)[C@H](O)[C@@H](CO)O[C@H]1O[C@H]1[C@@H](O)[C@@H](O)O[C@H](O[C@@H]([C@H](O)[C@@H](O)C=O)[C@H](O)CO)[C@@H]1O. The largest absolute Gasteiger partial charge is 0.394 e. The molecule has 0 spiro atoms. The van der Waals surface area contributed by atoms with Crippen molar-refractivity contribution in [3.05, 3.63) is 0 Å². The van der Waals surface area contributed by atoms with Gasteiger partial charge in [0, 0.05) is 6.92 Å². The molecule has 0 bridgehead atoms. The Kier molecular flexibility index (Phi) is 14.7. The summed E-state index contributed by atoms with van der Waals surface area (Å²) in [6.45, 7) is -1.85. The fraction of sp³-hybridized carbons (Fsp3) is 0.920. The molecular weight excluding hydrogens is 650 g/mol. The van der Waals surface area contributed by atoms with Crippen molar-refractivity contribution in [1.82, 2.24) is 5.32 Å². The first-order valence-corrected chi connectivity index (χ1v) is 14.4. The van der Waals surface area contributed by atoms with Crippen molar-refractivity contribution in [1.29, 1.82) is 0 Å². The number of aliphatic hydroxyl groups is 13. The number of carbonyl (C=O) groups excluding carboxylic acids is 2. The van der Waals surface area contributed by atoms with Gasteiger partial charge in [0.25, 0.3) is 0 Å². The summed E-state index contributed by atoms with van der Waals surface area (Å²) in [6.07, 6.45) is -35.3. The molecule has 19 atom stereocenters. The van der Waals surface area contributed by atoms with E-state index >= 15 is 0 Å². The van der Waals surface area contributed by atoms with Crippen LogP contribution in [0.15, 0.2) is 0 Å². The Morgan fingerprint density at radius 3 is 1.87 bits per heavy atom. The average Bonchev–Trinajstić information content (AvgIpc) is 3.05. The highest BCUT2D eigenvalue weighted by Gasteiger charge is 2.55. The lowest BCUT2D eigenvalue weighted by molar-refractivity contribution is -0.387. The second-order valence-electron chi connectivity index (χ2n) is 11.2. The lowest BCUT2D eigenvalue weighted by atomic mass is 9.95. The van der Waals surface area contributed by atoms with Gasteiger partial charge in [-0.3, -0.25) is 4.79 Å². The zero-order chi connectivity index (χ0) is 35.3. The van der Waals surface area contributed by atoms with Gasteiger partial charge in [0.2, 0.25) is 5.91 Å². The van der Waals surface area contributed by atoms with Gasteiger partial charge in [-0.2, -0.15) is 0 Å². The number of ether oxygens (including phenoxy) is 6. The molecule has 0 aliphatic carbocycles. The lowest BCUT2D eigenvalue weighted by Crippen LogP contribution is -2.69. The number of aliphatic hydroxyl groups excluding tert-OH is 13. The van der Waals surface area contributed by atoms with E-state index in [0.29, 0.717) is 0 Å². The Morgan fingerprint density at radius 2 is 1.32 bits per heavy atom. The van der Waals surface area contributed by atoms with Crippen LogP contribution in [0.2, 0.25) is 0 Å². The first-order valence-electron chi connectivity index (χ1n) is 14.4. The number of rotatable bonds is 14. The van der Waals surface area contributed by atoms with E-state index in [2.05, 4.69) is 5.32 Å². The molecule has 3 saturated heterocycles. The van der Waals surface area contributed by atoms with Crippen LogP contribution in [0.25, 0.3) is 0 Å². The van der Waals surface area contributed by atoms with Gasteiger partial charge >= 0.3 is 0 Å². The Bertz CT molecular complexity index is 994. The van der Waals surface area contributed by atoms with Crippen molar-refractivity contribution < 1.29 is 104 Å². The minimum absolute atomic E-state index is 0.120.